The first-order valence-electron chi connectivity index (χ1n) is 8.92. The first-order chi connectivity index (χ1) is 14.9. The van der Waals surface area contributed by atoms with Crippen LogP contribution < -0.4 is 15.4 Å². The third-order valence-corrected chi connectivity index (χ3v) is 5.09. The van der Waals surface area contributed by atoms with Crippen LogP contribution in [0.3, 0.4) is 0 Å². The number of nitrogens with zero attached hydrogens (tertiary/aromatic N) is 2. The number of nitrogens with one attached hydrogen (secondary N) is 2. The first-order valence-corrected chi connectivity index (χ1v) is 10.1. The second kappa shape index (κ2) is 8.89. The molecule has 2 heterocycles. The summed E-state index contributed by atoms with van der Waals surface area (Å²) < 4.78 is 10.8. The van der Waals surface area contributed by atoms with Gasteiger partial charge in [0.1, 0.15) is 5.75 Å². The summed E-state index contributed by atoms with van der Waals surface area (Å²) in [5.41, 5.74) is 2.51. The second-order valence-corrected chi connectivity index (χ2v) is 7.52. The standard InChI is InChI=1S/C21H14Cl2N4O3S/c1-29-16-7-4-11(9-15(16)23)19(28)27-21(31)25-12-5-6-14(22)13(10-12)20-26-18-17(30-20)3-2-8-24-18/h2-10H,1H3,(H2,25,27,28,31). The molecule has 2 aromatic heterocycles. The largest absolute Gasteiger partial charge is 0.495 e. The van der Waals surface area contributed by atoms with Crippen LogP contribution in [0.15, 0.2) is 59.1 Å². The molecule has 0 aliphatic carbocycles. The number of carbonyl (C=O) groups excluding carboxylic acids is 1. The molecule has 0 saturated carbocycles. The number of ether oxygens (including phenoxy) is 1. The van der Waals surface area contributed by atoms with E-state index in [4.69, 9.17) is 44.6 Å². The quantitative estimate of drug-likeness (QED) is 0.387. The molecule has 0 atom stereocenters. The highest BCUT2D eigenvalue weighted by atomic mass is 35.5. The third kappa shape index (κ3) is 4.61. The van der Waals surface area contributed by atoms with Crippen LogP contribution in [0.25, 0.3) is 22.7 Å². The van der Waals surface area contributed by atoms with Crippen LogP contribution in [-0.4, -0.2) is 28.1 Å². The molecule has 2 aromatic carbocycles. The van der Waals surface area contributed by atoms with Gasteiger partial charge in [0, 0.05) is 17.4 Å². The predicted molar refractivity (Wildman–Crippen MR) is 124 cm³/mol. The highest BCUT2D eigenvalue weighted by Crippen LogP contribution is 2.32. The molecule has 1 amide bonds. The summed E-state index contributed by atoms with van der Waals surface area (Å²) in [5, 5.41) is 6.42. The number of aromatic nitrogens is 2. The molecule has 2 N–H and O–H groups in total. The summed E-state index contributed by atoms with van der Waals surface area (Å²) in [5.74, 6) is 0.383. The Bertz CT molecular complexity index is 1280. The van der Waals surface area contributed by atoms with E-state index in [0.29, 0.717) is 49.7 Å². The third-order valence-electron chi connectivity index (χ3n) is 4.26. The number of hydrogen-bond acceptors (Lipinski definition) is 6. The van der Waals surface area contributed by atoms with Crippen molar-refractivity contribution in [1.82, 2.24) is 15.3 Å². The summed E-state index contributed by atoms with van der Waals surface area (Å²) in [6.45, 7) is 0. The van der Waals surface area contributed by atoms with E-state index < -0.39 is 5.91 Å². The number of pyridine rings is 1. The number of halogens is 2. The zero-order chi connectivity index (χ0) is 22.0. The predicted octanol–water partition coefficient (Wildman–Crippen LogP) is 5.33. The highest BCUT2D eigenvalue weighted by Gasteiger charge is 2.15. The summed E-state index contributed by atoms with van der Waals surface area (Å²) in [4.78, 5) is 21.0. The van der Waals surface area contributed by atoms with Crippen LogP contribution in [0.4, 0.5) is 5.69 Å². The Labute approximate surface area is 192 Å². The van der Waals surface area contributed by atoms with Crippen LogP contribution in [0.2, 0.25) is 10.0 Å². The first kappa shape index (κ1) is 21.0. The van der Waals surface area contributed by atoms with Gasteiger partial charge in [-0.25, -0.2) is 4.98 Å². The molecular weight excluding hydrogens is 459 g/mol. The van der Waals surface area contributed by atoms with Gasteiger partial charge in [-0.15, -0.1) is 0 Å². The van der Waals surface area contributed by atoms with Crippen LogP contribution in [0, 0.1) is 0 Å². The zero-order valence-corrected chi connectivity index (χ0v) is 18.3. The average molecular weight is 473 g/mol. The molecule has 0 fully saturated rings. The maximum Gasteiger partial charge on any atom is 0.257 e. The molecule has 0 radical (unpaired) electrons. The van der Waals surface area contributed by atoms with Crippen molar-refractivity contribution in [2.75, 3.05) is 12.4 Å². The van der Waals surface area contributed by atoms with E-state index in [1.807, 2.05) is 0 Å². The number of hydrogen-bond donors (Lipinski definition) is 2. The lowest BCUT2D eigenvalue weighted by molar-refractivity contribution is 0.0977. The van der Waals surface area contributed by atoms with E-state index in [1.165, 1.54) is 13.2 Å². The van der Waals surface area contributed by atoms with Crippen molar-refractivity contribution < 1.29 is 13.9 Å². The van der Waals surface area contributed by atoms with Gasteiger partial charge in [0.15, 0.2) is 16.3 Å². The van der Waals surface area contributed by atoms with E-state index in [1.54, 1.807) is 48.7 Å². The summed E-state index contributed by atoms with van der Waals surface area (Å²) in [7, 11) is 1.50. The molecule has 0 unspecified atom stereocenters. The van der Waals surface area contributed by atoms with Crippen molar-refractivity contribution in [1.29, 1.82) is 0 Å². The van der Waals surface area contributed by atoms with Gasteiger partial charge in [-0.05, 0) is 60.7 Å². The van der Waals surface area contributed by atoms with E-state index >= 15 is 0 Å². The van der Waals surface area contributed by atoms with Crippen LogP contribution in [-0.2, 0) is 0 Å². The second-order valence-electron chi connectivity index (χ2n) is 6.30. The number of rotatable bonds is 4. The molecule has 0 bridgehead atoms. The lowest BCUT2D eigenvalue weighted by atomic mass is 10.2. The Morgan fingerprint density at radius 2 is 1.97 bits per heavy atom. The summed E-state index contributed by atoms with van der Waals surface area (Å²) in [6, 6.07) is 13.3. The van der Waals surface area contributed by atoms with Crippen molar-refractivity contribution >= 4 is 63.4 Å². The van der Waals surface area contributed by atoms with E-state index in [2.05, 4.69) is 20.6 Å². The molecule has 156 valence electrons. The average Bonchev–Trinajstić information content (AvgIpc) is 3.19. The van der Waals surface area contributed by atoms with Gasteiger partial charge in [0.2, 0.25) is 5.89 Å². The SMILES string of the molecule is COc1ccc(C(=O)NC(=S)Nc2ccc(Cl)c(-c3nc4ncccc4o3)c2)cc1Cl. The van der Waals surface area contributed by atoms with Gasteiger partial charge >= 0.3 is 0 Å². The van der Waals surface area contributed by atoms with Crippen molar-refractivity contribution in [2.45, 2.75) is 0 Å². The van der Waals surface area contributed by atoms with Gasteiger partial charge in [-0.1, -0.05) is 23.2 Å². The molecule has 4 rings (SSSR count). The van der Waals surface area contributed by atoms with E-state index in [-0.39, 0.29) is 5.11 Å². The minimum Gasteiger partial charge on any atom is -0.495 e. The van der Waals surface area contributed by atoms with Crippen LogP contribution in [0.5, 0.6) is 5.75 Å². The van der Waals surface area contributed by atoms with Crippen molar-refractivity contribution in [3.63, 3.8) is 0 Å². The number of anilines is 1. The molecule has 0 spiro atoms. The Morgan fingerprint density at radius 3 is 2.71 bits per heavy atom. The van der Waals surface area contributed by atoms with Crippen molar-refractivity contribution in [3.05, 3.63) is 70.3 Å². The monoisotopic (exact) mass is 472 g/mol. The fourth-order valence-electron chi connectivity index (χ4n) is 2.80. The van der Waals surface area contributed by atoms with E-state index in [0.717, 1.165) is 0 Å². The van der Waals surface area contributed by atoms with E-state index in [9.17, 15) is 4.79 Å². The van der Waals surface area contributed by atoms with Gasteiger partial charge in [-0.2, -0.15) is 4.98 Å². The number of fused-ring (bicyclic) bond motifs is 1. The number of benzene rings is 2. The van der Waals surface area contributed by atoms with Gasteiger partial charge < -0.3 is 14.5 Å². The van der Waals surface area contributed by atoms with Crippen LogP contribution >= 0.6 is 35.4 Å². The fourth-order valence-corrected chi connectivity index (χ4v) is 3.46. The summed E-state index contributed by atoms with van der Waals surface area (Å²) >= 11 is 17.7. The Balaban J connectivity index is 1.50. The lowest BCUT2D eigenvalue weighted by Crippen LogP contribution is -2.34. The van der Waals surface area contributed by atoms with Crippen molar-refractivity contribution in [3.8, 4) is 17.2 Å². The number of carbonyl (C=O) groups is 1. The Hall–Kier alpha value is -3.20. The topological polar surface area (TPSA) is 89.3 Å². The van der Waals surface area contributed by atoms with Crippen LogP contribution in [0.1, 0.15) is 10.4 Å². The van der Waals surface area contributed by atoms with Gasteiger partial charge in [0.25, 0.3) is 5.91 Å². The maximum absolute atomic E-state index is 12.4. The number of thiocarbonyl (C=S) groups is 1. The minimum absolute atomic E-state index is 0.101. The highest BCUT2D eigenvalue weighted by molar-refractivity contribution is 7.80. The molecule has 0 aliphatic heterocycles. The molecule has 4 aromatic rings. The molecule has 0 aliphatic rings. The molecular formula is C21H14Cl2N4O3S. The smallest absolute Gasteiger partial charge is 0.257 e. The number of methoxy groups -OCH3 is 1. The summed E-state index contributed by atoms with van der Waals surface area (Å²) in [6.07, 6.45) is 1.63. The molecule has 0 saturated heterocycles. The lowest BCUT2D eigenvalue weighted by Gasteiger charge is -2.11. The molecule has 10 heteroatoms. The number of oxazole rings is 1. The normalized spacial score (nSPS) is 10.7. The Morgan fingerprint density at radius 1 is 1.13 bits per heavy atom. The van der Waals surface area contributed by atoms with Gasteiger partial charge in [-0.3, -0.25) is 10.1 Å². The molecule has 31 heavy (non-hydrogen) atoms. The zero-order valence-electron chi connectivity index (χ0n) is 16.0. The molecule has 7 nitrogen and oxygen atoms in total. The van der Waals surface area contributed by atoms with Gasteiger partial charge in [0.05, 0.1) is 22.7 Å². The number of amides is 1. The maximum atomic E-state index is 12.4. The van der Waals surface area contributed by atoms with Crippen molar-refractivity contribution in [2.24, 2.45) is 0 Å². The fraction of sp³-hybridized carbons (Fsp3) is 0.0476. The minimum atomic E-state index is -0.415. The Kier molecular flexibility index (Phi) is 6.03.